The van der Waals surface area contributed by atoms with Crippen LogP contribution in [-0.4, -0.2) is 27.0 Å². The molecule has 0 aliphatic rings. The van der Waals surface area contributed by atoms with E-state index in [-0.39, 0.29) is 11.7 Å². The van der Waals surface area contributed by atoms with Crippen molar-refractivity contribution in [1.29, 1.82) is 0 Å². The van der Waals surface area contributed by atoms with E-state index in [1.54, 1.807) is 30.5 Å². The molecule has 1 aromatic carbocycles. The third-order valence-electron chi connectivity index (χ3n) is 4.27. The van der Waals surface area contributed by atoms with Crippen LogP contribution in [0.5, 0.6) is 0 Å². The van der Waals surface area contributed by atoms with Crippen molar-refractivity contribution in [1.82, 2.24) is 19.9 Å². The van der Waals surface area contributed by atoms with E-state index in [2.05, 4.69) is 33.7 Å². The topological polar surface area (TPSA) is 59.8 Å². The van der Waals surface area contributed by atoms with Crippen molar-refractivity contribution >= 4 is 5.91 Å². The first kappa shape index (κ1) is 18.8. The van der Waals surface area contributed by atoms with Gasteiger partial charge in [0.15, 0.2) is 0 Å². The fourth-order valence-electron chi connectivity index (χ4n) is 2.91. The lowest BCUT2D eigenvalue weighted by molar-refractivity contribution is 0.0952. The van der Waals surface area contributed by atoms with E-state index in [1.165, 1.54) is 18.3 Å². The van der Waals surface area contributed by atoms with Crippen molar-refractivity contribution in [3.63, 3.8) is 0 Å². The molecule has 1 N–H and O–H groups in total. The fourth-order valence-corrected chi connectivity index (χ4v) is 2.91. The molecular formula is C21H23FN4O. The molecule has 3 rings (SSSR count). The van der Waals surface area contributed by atoms with E-state index < -0.39 is 0 Å². The Bertz CT molecular complexity index is 903. The summed E-state index contributed by atoms with van der Waals surface area (Å²) >= 11 is 0. The van der Waals surface area contributed by atoms with Gasteiger partial charge in [-0.25, -0.2) is 9.37 Å². The summed E-state index contributed by atoms with van der Waals surface area (Å²) in [6, 6.07) is 9.66. The zero-order valence-electron chi connectivity index (χ0n) is 15.5. The molecule has 0 spiro atoms. The molecule has 140 valence electrons. The lowest BCUT2D eigenvalue weighted by Crippen LogP contribution is -2.25. The molecule has 1 amide bonds. The summed E-state index contributed by atoms with van der Waals surface area (Å²) in [5, 5.41) is 2.91. The summed E-state index contributed by atoms with van der Waals surface area (Å²) in [5.41, 5.74) is 1.80. The van der Waals surface area contributed by atoms with Crippen molar-refractivity contribution in [3.05, 3.63) is 72.2 Å². The number of aromatic nitrogens is 3. The number of amides is 1. The molecule has 27 heavy (non-hydrogen) atoms. The molecule has 0 radical (unpaired) electrons. The molecule has 5 nitrogen and oxygen atoms in total. The summed E-state index contributed by atoms with van der Waals surface area (Å²) in [4.78, 5) is 20.9. The molecule has 0 saturated carbocycles. The number of nitrogens with one attached hydrogen (secondary N) is 1. The maximum Gasteiger partial charge on any atom is 0.252 e. The molecule has 6 heteroatoms. The number of imidazole rings is 1. The molecule has 0 fully saturated rings. The predicted molar refractivity (Wildman–Crippen MR) is 103 cm³/mol. The van der Waals surface area contributed by atoms with Crippen LogP contribution < -0.4 is 5.32 Å². The van der Waals surface area contributed by atoms with Crippen LogP contribution in [0, 0.1) is 5.82 Å². The number of nitrogens with zero attached hydrogens (tertiary/aromatic N) is 3. The second-order valence-corrected chi connectivity index (χ2v) is 6.69. The van der Waals surface area contributed by atoms with Gasteiger partial charge in [-0.2, -0.15) is 0 Å². The van der Waals surface area contributed by atoms with E-state index in [0.717, 1.165) is 18.8 Å². The molecule has 3 aromatic rings. The molecule has 2 aromatic heterocycles. The van der Waals surface area contributed by atoms with Crippen LogP contribution in [0.1, 0.15) is 42.4 Å². The Labute approximate surface area is 158 Å². The number of hydrogen-bond donors (Lipinski definition) is 1. The Morgan fingerprint density at radius 2 is 2.07 bits per heavy atom. The first-order valence-electron chi connectivity index (χ1n) is 9.06. The SMILES string of the molecule is CC(C)c1nccn1CCCNC(=O)c1ccc(-c2cccc(F)c2)nc1. The molecule has 0 atom stereocenters. The summed E-state index contributed by atoms with van der Waals surface area (Å²) < 4.78 is 15.4. The van der Waals surface area contributed by atoms with Crippen LogP contribution in [0.2, 0.25) is 0 Å². The van der Waals surface area contributed by atoms with E-state index in [9.17, 15) is 9.18 Å². The van der Waals surface area contributed by atoms with Gasteiger partial charge in [-0.05, 0) is 30.7 Å². The van der Waals surface area contributed by atoms with Gasteiger partial charge in [0, 0.05) is 43.2 Å². The van der Waals surface area contributed by atoms with Crippen LogP contribution in [0.25, 0.3) is 11.3 Å². The Kier molecular flexibility index (Phi) is 5.96. The number of benzene rings is 1. The molecule has 0 saturated heterocycles. The Balaban J connectivity index is 1.52. The van der Waals surface area contributed by atoms with Crippen LogP contribution in [0.4, 0.5) is 4.39 Å². The van der Waals surface area contributed by atoms with Gasteiger partial charge < -0.3 is 9.88 Å². The molecular weight excluding hydrogens is 343 g/mol. The molecule has 0 aliphatic carbocycles. The van der Waals surface area contributed by atoms with E-state index in [4.69, 9.17) is 0 Å². The van der Waals surface area contributed by atoms with Gasteiger partial charge in [-0.3, -0.25) is 9.78 Å². The molecule has 0 aliphatic heterocycles. The maximum absolute atomic E-state index is 13.3. The van der Waals surface area contributed by atoms with Gasteiger partial charge >= 0.3 is 0 Å². The van der Waals surface area contributed by atoms with Crippen LogP contribution >= 0.6 is 0 Å². The normalized spacial score (nSPS) is 11.0. The Hall–Kier alpha value is -3.02. The Morgan fingerprint density at radius 3 is 2.78 bits per heavy atom. The van der Waals surface area contributed by atoms with E-state index in [0.29, 0.717) is 29.3 Å². The zero-order chi connectivity index (χ0) is 19.2. The van der Waals surface area contributed by atoms with Gasteiger partial charge in [0.2, 0.25) is 0 Å². The van der Waals surface area contributed by atoms with Crippen molar-refractivity contribution < 1.29 is 9.18 Å². The summed E-state index contributed by atoms with van der Waals surface area (Å²) in [7, 11) is 0. The van der Waals surface area contributed by atoms with Crippen LogP contribution in [-0.2, 0) is 6.54 Å². The Morgan fingerprint density at radius 1 is 1.22 bits per heavy atom. The number of pyridine rings is 1. The highest BCUT2D eigenvalue weighted by Gasteiger charge is 2.09. The van der Waals surface area contributed by atoms with Crippen molar-refractivity contribution in [2.75, 3.05) is 6.54 Å². The second-order valence-electron chi connectivity index (χ2n) is 6.69. The first-order chi connectivity index (χ1) is 13.0. The maximum atomic E-state index is 13.3. The van der Waals surface area contributed by atoms with E-state index >= 15 is 0 Å². The highest BCUT2D eigenvalue weighted by atomic mass is 19.1. The number of aryl methyl sites for hydroxylation is 1. The number of hydrogen-bond acceptors (Lipinski definition) is 3. The third-order valence-corrected chi connectivity index (χ3v) is 4.27. The number of rotatable bonds is 7. The minimum atomic E-state index is -0.311. The molecule has 0 unspecified atom stereocenters. The van der Waals surface area contributed by atoms with Crippen LogP contribution in [0.15, 0.2) is 55.0 Å². The minimum Gasteiger partial charge on any atom is -0.352 e. The van der Waals surface area contributed by atoms with Gasteiger partial charge in [0.05, 0.1) is 11.3 Å². The summed E-state index contributed by atoms with van der Waals surface area (Å²) in [6.45, 7) is 5.60. The monoisotopic (exact) mass is 366 g/mol. The second kappa shape index (κ2) is 8.58. The van der Waals surface area contributed by atoms with Crippen molar-refractivity contribution in [2.45, 2.75) is 32.7 Å². The quantitative estimate of drug-likeness (QED) is 0.642. The largest absolute Gasteiger partial charge is 0.352 e. The smallest absolute Gasteiger partial charge is 0.252 e. The number of halogens is 1. The van der Waals surface area contributed by atoms with Gasteiger partial charge in [-0.15, -0.1) is 0 Å². The van der Waals surface area contributed by atoms with Gasteiger partial charge in [0.1, 0.15) is 11.6 Å². The average Bonchev–Trinajstić information content (AvgIpc) is 3.14. The zero-order valence-corrected chi connectivity index (χ0v) is 15.5. The number of carbonyl (C=O) groups excluding carboxylic acids is 1. The lowest BCUT2D eigenvalue weighted by Gasteiger charge is -2.11. The predicted octanol–water partition coefficient (Wildman–Crippen LogP) is 4.03. The first-order valence-corrected chi connectivity index (χ1v) is 9.06. The average molecular weight is 366 g/mol. The highest BCUT2D eigenvalue weighted by Crippen LogP contribution is 2.18. The lowest BCUT2D eigenvalue weighted by atomic mass is 10.1. The summed E-state index contributed by atoms with van der Waals surface area (Å²) in [6.07, 6.45) is 6.10. The fraction of sp³-hybridized carbons (Fsp3) is 0.286. The third kappa shape index (κ3) is 4.78. The van der Waals surface area contributed by atoms with Gasteiger partial charge in [-0.1, -0.05) is 26.0 Å². The van der Waals surface area contributed by atoms with Crippen molar-refractivity contribution in [3.8, 4) is 11.3 Å². The number of carbonyl (C=O) groups is 1. The van der Waals surface area contributed by atoms with Gasteiger partial charge in [0.25, 0.3) is 5.91 Å². The molecule has 2 heterocycles. The highest BCUT2D eigenvalue weighted by molar-refractivity contribution is 5.94. The minimum absolute atomic E-state index is 0.164. The van der Waals surface area contributed by atoms with Crippen LogP contribution in [0.3, 0.4) is 0 Å². The molecule has 0 bridgehead atoms. The van der Waals surface area contributed by atoms with Crippen molar-refractivity contribution in [2.24, 2.45) is 0 Å². The standard InChI is InChI=1S/C21H23FN4O/c1-15(2)20-23-10-12-26(20)11-4-9-24-21(27)17-7-8-19(25-14-17)16-5-3-6-18(22)13-16/h3,5-8,10,12-15H,4,9,11H2,1-2H3,(H,24,27). The van der Waals surface area contributed by atoms with E-state index in [1.807, 2.05) is 6.20 Å². The summed E-state index contributed by atoms with van der Waals surface area (Å²) in [5.74, 6) is 0.952.